The molecule has 4 rings (SSSR count). The van der Waals surface area contributed by atoms with E-state index in [1.807, 2.05) is 36.4 Å². The second-order valence-corrected chi connectivity index (χ2v) is 8.36. The SMILES string of the molecule is COc1ccc2cc(Br)ccc2c1C.COc1ccc2cc(Br)ccc2c1CO. The fourth-order valence-electron chi connectivity index (χ4n) is 3.36. The minimum Gasteiger partial charge on any atom is -0.496 e. The van der Waals surface area contributed by atoms with Crippen molar-refractivity contribution in [2.75, 3.05) is 14.2 Å². The Kier molecular flexibility index (Phi) is 7.17. The van der Waals surface area contributed by atoms with Gasteiger partial charge in [-0.05, 0) is 70.4 Å². The number of hydrogen-bond acceptors (Lipinski definition) is 3. The number of rotatable bonds is 3. The molecule has 3 nitrogen and oxygen atoms in total. The van der Waals surface area contributed by atoms with E-state index in [0.29, 0.717) is 0 Å². The van der Waals surface area contributed by atoms with Crippen molar-refractivity contribution in [1.29, 1.82) is 0 Å². The third-order valence-electron chi connectivity index (χ3n) is 4.85. The summed E-state index contributed by atoms with van der Waals surface area (Å²) in [5.74, 6) is 1.67. The molecule has 5 heteroatoms. The van der Waals surface area contributed by atoms with Crippen LogP contribution in [0.3, 0.4) is 0 Å². The maximum atomic E-state index is 9.33. The maximum absolute atomic E-state index is 9.33. The number of fused-ring (bicyclic) bond motifs is 2. The molecule has 0 aliphatic heterocycles. The summed E-state index contributed by atoms with van der Waals surface area (Å²) in [6.07, 6.45) is 0. The molecule has 0 amide bonds. The summed E-state index contributed by atoms with van der Waals surface area (Å²) in [7, 11) is 3.31. The van der Waals surface area contributed by atoms with Crippen molar-refractivity contribution >= 4 is 53.4 Å². The van der Waals surface area contributed by atoms with Gasteiger partial charge in [0, 0.05) is 14.5 Å². The van der Waals surface area contributed by atoms with Crippen molar-refractivity contribution in [3.63, 3.8) is 0 Å². The van der Waals surface area contributed by atoms with Crippen molar-refractivity contribution in [2.45, 2.75) is 13.5 Å². The van der Waals surface area contributed by atoms with E-state index in [4.69, 9.17) is 9.47 Å². The van der Waals surface area contributed by atoms with Gasteiger partial charge in [-0.1, -0.05) is 56.1 Å². The molecule has 4 aromatic carbocycles. The van der Waals surface area contributed by atoms with Gasteiger partial charge in [-0.3, -0.25) is 0 Å². The highest BCUT2D eigenvalue weighted by Gasteiger charge is 2.07. The first-order chi connectivity index (χ1) is 14.0. The van der Waals surface area contributed by atoms with Crippen molar-refractivity contribution in [3.05, 3.63) is 80.7 Å². The average molecular weight is 518 g/mol. The molecule has 0 atom stereocenters. The third-order valence-corrected chi connectivity index (χ3v) is 5.84. The number of aliphatic hydroxyl groups is 1. The average Bonchev–Trinajstić information content (AvgIpc) is 2.73. The lowest BCUT2D eigenvalue weighted by Gasteiger charge is -2.09. The molecule has 1 N–H and O–H groups in total. The molecule has 4 aromatic rings. The van der Waals surface area contributed by atoms with Gasteiger partial charge in [0.2, 0.25) is 0 Å². The van der Waals surface area contributed by atoms with Crippen LogP contribution in [0.15, 0.2) is 69.6 Å². The van der Waals surface area contributed by atoms with E-state index in [-0.39, 0.29) is 6.61 Å². The maximum Gasteiger partial charge on any atom is 0.125 e. The molecule has 0 fully saturated rings. The molecule has 0 saturated carbocycles. The number of methoxy groups -OCH3 is 2. The zero-order valence-electron chi connectivity index (χ0n) is 16.5. The second-order valence-electron chi connectivity index (χ2n) is 6.53. The molecular weight excluding hydrogens is 496 g/mol. The monoisotopic (exact) mass is 516 g/mol. The summed E-state index contributed by atoms with van der Waals surface area (Å²) in [6, 6.07) is 20.2. The van der Waals surface area contributed by atoms with Crippen LogP contribution in [0.2, 0.25) is 0 Å². The first-order valence-electron chi connectivity index (χ1n) is 9.07. The summed E-state index contributed by atoms with van der Waals surface area (Å²) in [6.45, 7) is 2.07. The van der Waals surface area contributed by atoms with E-state index in [9.17, 15) is 5.11 Å². The van der Waals surface area contributed by atoms with E-state index in [2.05, 4.69) is 63.0 Å². The van der Waals surface area contributed by atoms with Crippen LogP contribution in [-0.4, -0.2) is 19.3 Å². The number of hydrogen-bond donors (Lipinski definition) is 1. The third kappa shape index (κ3) is 4.74. The lowest BCUT2D eigenvalue weighted by Crippen LogP contribution is -1.93. The molecule has 0 aliphatic carbocycles. The van der Waals surface area contributed by atoms with Crippen LogP contribution in [0.1, 0.15) is 11.1 Å². The van der Waals surface area contributed by atoms with Crippen molar-refractivity contribution in [1.82, 2.24) is 0 Å². The zero-order chi connectivity index (χ0) is 21.0. The van der Waals surface area contributed by atoms with Crippen LogP contribution in [0.25, 0.3) is 21.5 Å². The molecule has 0 aliphatic rings. The molecular formula is C24H22Br2O3. The lowest BCUT2D eigenvalue weighted by molar-refractivity contribution is 0.275. The summed E-state index contributed by atoms with van der Waals surface area (Å²) in [4.78, 5) is 0. The van der Waals surface area contributed by atoms with Gasteiger partial charge >= 0.3 is 0 Å². The Morgan fingerprint density at radius 3 is 1.79 bits per heavy atom. The predicted molar refractivity (Wildman–Crippen MR) is 127 cm³/mol. The molecule has 0 radical (unpaired) electrons. The molecule has 0 unspecified atom stereocenters. The lowest BCUT2D eigenvalue weighted by atomic mass is 10.0. The van der Waals surface area contributed by atoms with Crippen LogP contribution in [0, 0.1) is 6.92 Å². The number of ether oxygens (including phenoxy) is 2. The van der Waals surface area contributed by atoms with Crippen molar-refractivity contribution in [2.24, 2.45) is 0 Å². The van der Waals surface area contributed by atoms with Crippen molar-refractivity contribution < 1.29 is 14.6 Å². The summed E-state index contributed by atoms with van der Waals surface area (Å²) >= 11 is 6.88. The Morgan fingerprint density at radius 1 is 0.724 bits per heavy atom. The van der Waals surface area contributed by atoms with E-state index in [0.717, 1.165) is 36.8 Å². The van der Waals surface area contributed by atoms with Gasteiger partial charge in [-0.2, -0.15) is 0 Å². The molecule has 0 aromatic heterocycles. The highest BCUT2D eigenvalue weighted by molar-refractivity contribution is 9.10. The Morgan fingerprint density at radius 2 is 1.24 bits per heavy atom. The molecule has 150 valence electrons. The molecule has 29 heavy (non-hydrogen) atoms. The summed E-state index contributed by atoms with van der Waals surface area (Å²) < 4.78 is 12.6. The predicted octanol–water partition coefficient (Wildman–Crippen LogP) is 7.02. The van der Waals surface area contributed by atoms with E-state index in [1.54, 1.807) is 14.2 Å². The fourth-order valence-corrected chi connectivity index (χ4v) is 4.11. The number of aryl methyl sites for hydroxylation is 1. The topological polar surface area (TPSA) is 38.7 Å². The Bertz CT molecular complexity index is 1160. The largest absolute Gasteiger partial charge is 0.496 e. The summed E-state index contributed by atoms with van der Waals surface area (Å²) in [5.41, 5.74) is 2.03. The van der Waals surface area contributed by atoms with Crippen LogP contribution < -0.4 is 9.47 Å². The number of halogens is 2. The second kappa shape index (κ2) is 9.61. The minimum absolute atomic E-state index is 0.0118. The standard InChI is InChI=1S/C12H11BrO2.C12H11BrO/c1-15-12-5-2-8-6-9(13)3-4-10(8)11(12)7-14;1-8-11-5-4-10(13)7-9(11)3-6-12(8)14-2/h2-6,14H,7H2,1H3;3-7H,1-2H3. The van der Waals surface area contributed by atoms with Gasteiger partial charge in [-0.25, -0.2) is 0 Å². The number of benzene rings is 4. The highest BCUT2D eigenvalue weighted by Crippen LogP contribution is 2.30. The Hall–Kier alpha value is -2.08. The van der Waals surface area contributed by atoms with Crippen LogP contribution >= 0.6 is 31.9 Å². The normalized spacial score (nSPS) is 10.6. The Labute approximate surface area is 187 Å². The van der Waals surface area contributed by atoms with E-state index >= 15 is 0 Å². The fraction of sp³-hybridized carbons (Fsp3) is 0.167. The van der Waals surface area contributed by atoms with Crippen molar-refractivity contribution in [3.8, 4) is 11.5 Å². The molecule has 0 spiro atoms. The van der Waals surface area contributed by atoms with E-state index in [1.165, 1.54) is 16.3 Å². The zero-order valence-corrected chi connectivity index (χ0v) is 19.7. The summed E-state index contributed by atoms with van der Waals surface area (Å²) in [5, 5.41) is 13.9. The van der Waals surface area contributed by atoms with Gasteiger partial charge in [0.1, 0.15) is 11.5 Å². The van der Waals surface area contributed by atoms with Gasteiger partial charge < -0.3 is 14.6 Å². The van der Waals surface area contributed by atoms with Gasteiger partial charge in [-0.15, -0.1) is 0 Å². The molecule has 0 bridgehead atoms. The highest BCUT2D eigenvalue weighted by atomic mass is 79.9. The molecule has 0 saturated heterocycles. The quantitative estimate of drug-likeness (QED) is 0.317. The van der Waals surface area contributed by atoms with Gasteiger partial charge in [0.25, 0.3) is 0 Å². The van der Waals surface area contributed by atoms with Crippen LogP contribution in [0.4, 0.5) is 0 Å². The smallest absolute Gasteiger partial charge is 0.125 e. The van der Waals surface area contributed by atoms with Gasteiger partial charge in [0.15, 0.2) is 0 Å². The van der Waals surface area contributed by atoms with Crippen LogP contribution in [-0.2, 0) is 6.61 Å². The molecule has 0 heterocycles. The number of aliphatic hydroxyl groups excluding tert-OH is 1. The minimum atomic E-state index is -0.0118. The van der Waals surface area contributed by atoms with Gasteiger partial charge in [0.05, 0.1) is 20.8 Å². The Balaban J connectivity index is 0.000000166. The van der Waals surface area contributed by atoms with E-state index < -0.39 is 0 Å². The first-order valence-corrected chi connectivity index (χ1v) is 10.7. The first kappa shape index (κ1) is 21.6. The van der Waals surface area contributed by atoms with Crippen LogP contribution in [0.5, 0.6) is 11.5 Å².